The smallest absolute Gasteiger partial charge is 0 e. The highest BCUT2D eigenvalue weighted by atomic mass is 13.6. The van der Waals surface area contributed by atoms with Gasteiger partial charge in [0.25, 0.3) is 0 Å². The van der Waals surface area contributed by atoms with Gasteiger partial charge in [0.15, 0.2) is 0 Å². The van der Waals surface area contributed by atoms with E-state index < -0.39 is 0 Å². The molecule has 0 aliphatic carbocycles. The standard InChI is InChI=1S/C4H10.2C3H8.2CH4.H2/c1-3-4-2;2*1-3-2;;;/h3-4H2,1-2H3;2*3H2,1-2H3;2*1H4;1H/i;;;;;1+1. The van der Waals surface area contributed by atoms with Gasteiger partial charge in [0, 0.05) is 1.43 Å². The molecule has 0 nitrogen and oxygen atoms in total. The van der Waals surface area contributed by atoms with Crippen LogP contribution in [-0.4, -0.2) is 0 Å². The third-order valence-electron chi connectivity index (χ3n) is 0.500. The zero-order chi connectivity index (χ0) is 8.83. The molecule has 0 aliphatic heterocycles. The van der Waals surface area contributed by atoms with Crippen molar-refractivity contribution in [1.82, 2.24) is 0 Å². The van der Waals surface area contributed by atoms with Crippen LogP contribution in [0.15, 0.2) is 0 Å². The maximum atomic E-state index is 2.18. The van der Waals surface area contributed by atoms with Crippen LogP contribution in [0.4, 0.5) is 0 Å². The van der Waals surface area contributed by atoms with Crippen molar-refractivity contribution < 1.29 is 1.43 Å². The predicted octanol–water partition coefficient (Wildman–Crippen LogP) is 6.16. The Morgan fingerprint density at radius 2 is 0.667 bits per heavy atom. The molecule has 0 rings (SSSR count). The normalized spacial score (nSPS) is 5.50. The van der Waals surface area contributed by atoms with Gasteiger partial charge in [-0.1, -0.05) is 82.1 Å². The molecule has 0 fully saturated rings. The molecule has 0 aliphatic rings. The molecule has 0 bridgehead atoms. The van der Waals surface area contributed by atoms with E-state index >= 15 is 0 Å². The van der Waals surface area contributed by atoms with Crippen molar-refractivity contribution in [1.29, 1.82) is 0 Å². The summed E-state index contributed by atoms with van der Waals surface area (Å²) in [7, 11) is 0. The molecule has 0 spiro atoms. The van der Waals surface area contributed by atoms with E-state index in [2.05, 4.69) is 41.5 Å². The van der Waals surface area contributed by atoms with Crippen LogP contribution in [0.1, 0.15) is 83.5 Å². The molecular formula is C12H36. The Labute approximate surface area is 84.3 Å². The van der Waals surface area contributed by atoms with Gasteiger partial charge in [-0.2, -0.15) is 0 Å². The molecule has 0 aromatic rings. The second kappa shape index (κ2) is 68.8. The SMILES string of the molecule is C.C.CCC.CCC.CCCC.[2HH]. The van der Waals surface area contributed by atoms with Gasteiger partial charge in [0.2, 0.25) is 0 Å². The first-order chi connectivity index (χ1) is 4.74. The van der Waals surface area contributed by atoms with Gasteiger partial charge in [-0.3, -0.25) is 0 Å². The van der Waals surface area contributed by atoms with Crippen molar-refractivity contribution >= 4 is 0 Å². The van der Waals surface area contributed by atoms with Crippen LogP contribution >= 0.6 is 0 Å². The van der Waals surface area contributed by atoms with Crippen LogP contribution in [0.5, 0.6) is 0 Å². The van der Waals surface area contributed by atoms with E-state index in [4.69, 9.17) is 0 Å². The zero-order valence-corrected chi connectivity index (χ0v) is 8.83. The van der Waals surface area contributed by atoms with Crippen molar-refractivity contribution in [3.05, 3.63) is 0 Å². The average molecular weight is 181 g/mol. The fraction of sp³-hybridized carbons (Fsp3) is 1.00. The summed E-state index contributed by atoms with van der Waals surface area (Å²) in [5.74, 6) is 0. The highest BCUT2D eigenvalue weighted by Crippen LogP contribution is 1.76. The van der Waals surface area contributed by atoms with E-state index in [1.807, 2.05) is 0 Å². The minimum atomic E-state index is 0. The van der Waals surface area contributed by atoms with Crippen LogP contribution in [-0.2, 0) is 0 Å². The van der Waals surface area contributed by atoms with Crippen LogP contribution in [0.25, 0.3) is 0 Å². The van der Waals surface area contributed by atoms with Gasteiger partial charge in [-0.05, 0) is 0 Å². The molecule has 0 saturated carbocycles. The first kappa shape index (κ1) is 29.6. The van der Waals surface area contributed by atoms with E-state index in [0.717, 1.165) is 0 Å². The molecule has 84 valence electrons. The molecule has 0 N–H and O–H groups in total. The van der Waals surface area contributed by atoms with Crippen LogP contribution in [0, 0.1) is 0 Å². The molecule has 0 atom stereocenters. The third-order valence-corrected chi connectivity index (χ3v) is 0.500. The van der Waals surface area contributed by atoms with E-state index in [1.54, 1.807) is 0 Å². The van der Waals surface area contributed by atoms with Crippen molar-refractivity contribution in [2.45, 2.75) is 82.1 Å². The fourth-order valence-electron chi connectivity index (χ4n) is 0. The Hall–Kier alpha value is 0. The Morgan fingerprint density at radius 3 is 0.667 bits per heavy atom. The van der Waals surface area contributed by atoms with Gasteiger partial charge in [-0.25, -0.2) is 0 Å². The summed E-state index contributed by atoms with van der Waals surface area (Å²) in [6.45, 7) is 12.9. The van der Waals surface area contributed by atoms with Crippen molar-refractivity contribution in [2.24, 2.45) is 0 Å². The first-order valence-electron chi connectivity index (χ1n) is 4.74. The van der Waals surface area contributed by atoms with Gasteiger partial charge >= 0.3 is 0 Å². The second-order valence-electron chi connectivity index (χ2n) is 2.41. The summed E-state index contributed by atoms with van der Waals surface area (Å²) in [5.41, 5.74) is 0. The molecule has 0 heterocycles. The minimum absolute atomic E-state index is 0. The van der Waals surface area contributed by atoms with Crippen LogP contribution in [0.2, 0.25) is 0 Å². The summed E-state index contributed by atoms with van der Waals surface area (Å²) < 4.78 is 0. The van der Waals surface area contributed by atoms with Crippen molar-refractivity contribution in [3.8, 4) is 0 Å². The summed E-state index contributed by atoms with van der Waals surface area (Å²) in [5, 5.41) is 0. The molecule has 0 aromatic heterocycles. The van der Waals surface area contributed by atoms with Gasteiger partial charge in [-0.15, -0.1) is 0 Å². The largest absolute Gasteiger partial charge is 0.0776 e. The Bertz CT molecular complexity index is 17.1. The number of hydrogen-bond donors (Lipinski definition) is 0. The van der Waals surface area contributed by atoms with E-state index in [9.17, 15) is 0 Å². The lowest BCUT2D eigenvalue weighted by Crippen LogP contribution is -1.47. The van der Waals surface area contributed by atoms with Crippen molar-refractivity contribution in [2.75, 3.05) is 0 Å². The zero-order valence-electron chi connectivity index (χ0n) is 8.83. The molecule has 0 unspecified atom stereocenters. The van der Waals surface area contributed by atoms with Crippen LogP contribution < -0.4 is 0 Å². The fourth-order valence-corrected chi connectivity index (χ4v) is 0. The summed E-state index contributed by atoms with van der Waals surface area (Å²) in [6.07, 6.45) is 5.14. The van der Waals surface area contributed by atoms with Gasteiger partial charge in [0.05, 0.1) is 0 Å². The highest BCUT2D eigenvalue weighted by molar-refractivity contribution is 4.12. The van der Waals surface area contributed by atoms with Gasteiger partial charge in [0.1, 0.15) is 0 Å². The summed E-state index contributed by atoms with van der Waals surface area (Å²) >= 11 is 0. The Kier molecular flexibility index (Phi) is 170. The lowest BCUT2D eigenvalue weighted by molar-refractivity contribution is 0.886. The second-order valence-corrected chi connectivity index (χ2v) is 2.41. The average Bonchev–Trinajstić information content (AvgIpc) is 1.91. The maximum absolute atomic E-state index is 2.18. The van der Waals surface area contributed by atoms with E-state index in [0.29, 0.717) is 0 Å². The third kappa shape index (κ3) is 810. The quantitative estimate of drug-likeness (QED) is 0.454. The molecular weight excluding hydrogens is 144 g/mol. The lowest BCUT2D eigenvalue weighted by atomic mass is 10.4. The molecule has 0 aromatic carbocycles. The Balaban J connectivity index is -0.0000000128. The maximum Gasteiger partial charge on any atom is 0 e. The van der Waals surface area contributed by atoms with Crippen LogP contribution in [0.3, 0.4) is 0 Å². The molecule has 12 heavy (non-hydrogen) atoms. The molecule has 0 amide bonds. The summed E-state index contributed by atoms with van der Waals surface area (Å²) in [6, 6.07) is 0. The number of rotatable bonds is 1. The first-order valence-corrected chi connectivity index (χ1v) is 4.74. The monoisotopic (exact) mass is 181 g/mol. The van der Waals surface area contributed by atoms with E-state index in [1.165, 1.54) is 25.7 Å². The molecule has 0 heteroatoms. The summed E-state index contributed by atoms with van der Waals surface area (Å²) in [4.78, 5) is 0. The minimum Gasteiger partial charge on any atom is -0.0776 e. The van der Waals surface area contributed by atoms with Gasteiger partial charge < -0.3 is 0 Å². The molecule has 0 radical (unpaired) electrons. The predicted molar refractivity (Wildman–Crippen MR) is 68.1 cm³/mol. The highest BCUT2D eigenvalue weighted by Gasteiger charge is 1.56. The topological polar surface area (TPSA) is 0 Å². The van der Waals surface area contributed by atoms with E-state index in [-0.39, 0.29) is 16.3 Å². The number of hydrogen-bond acceptors (Lipinski definition) is 0. The Morgan fingerprint density at radius 1 is 0.583 bits per heavy atom. The number of unbranched alkanes of at least 4 members (excludes halogenated alkanes) is 1. The molecule has 0 saturated heterocycles. The van der Waals surface area contributed by atoms with Crippen molar-refractivity contribution in [3.63, 3.8) is 0 Å². The lowest BCUT2D eigenvalue weighted by Gasteiger charge is -1.68.